The van der Waals surface area contributed by atoms with Gasteiger partial charge >= 0.3 is 5.97 Å². The van der Waals surface area contributed by atoms with Gasteiger partial charge in [0.25, 0.3) is 0 Å². The Morgan fingerprint density at radius 3 is 2.04 bits per heavy atom. The Bertz CT molecular complexity index is 452. The number of rotatable bonds is 10. The molecule has 0 aromatic heterocycles. The van der Waals surface area contributed by atoms with Crippen LogP contribution in [0.3, 0.4) is 0 Å². The quantitative estimate of drug-likeness (QED) is 0.347. The van der Waals surface area contributed by atoms with E-state index in [4.69, 9.17) is 9.47 Å². The lowest BCUT2D eigenvalue weighted by molar-refractivity contribution is -0.151. The zero-order chi connectivity index (χ0) is 17.8. The van der Waals surface area contributed by atoms with E-state index in [2.05, 4.69) is 18.6 Å². The van der Waals surface area contributed by atoms with Crippen LogP contribution in [0, 0.1) is 23.2 Å². The maximum Gasteiger partial charge on any atom is 0.316 e. The summed E-state index contributed by atoms with van der Waals surface area (Å²) in [4.78, 5) is 35.5. The minimum absolute atomic E-state index is 0.0120. The smallest absolute Gasteiger partial charge is 0.316 e. The topological polar surface area (TPSA) is 78.9 Å². The number of ether oxygens (including phenoxy) is 3. The maximum absolute atomic E-state index is 12.5. The summed E-state index contributed by atoms with van der Waals surface area (Å²) in [6.07, 6.45) is 0.577. The Kier molecular flexibility index (Phi) is 6.89. The van der Waals surface area contributed by atoms with Crippen LogP contribution in [-0.4, -0.2) is 45.2 Å². The molecular weight excluding hydrogens is 300 g/mol. The number of hydrogen-bond donors (Lipinski definition) is 0. The molecule has 1 unspecified atom stereocenters. The second kappa shape index (κ2) is 8.02. The molecule has 3 atom stereocenters. The first-order valence-electron chi connectivity index (χ1n) is 7.84. The zero-order valence-corrected chi connectivity index (χ0v) is 14.9. The van der Waals surface area contributed by atoms with E-state index >= 15 is 0 Å². The molecule has 6 heteroatoms. The van der Waals surface area contributed by atoms with Crippen LogP contribution >= 0.6 is 0 Å². The first-order chi connectivity index (χ1) is 10.7. The van der Waals surface area contributed by atoms with E-state index in [0.717, 1.165) is 0 Å². The average molecular weight is 328 g/mol. The van der Waals surface area contributed by atoms with Gasteiger partial charge in [-0.25, -0.2) is 0 Å². The van der Waals surface area contributed by atoms with Gasteiger partial charge in [0.05, 0.1) is 7.11 Å². The largest absolute Gasteiger partial charge is 0.468 e. The van der Waals surface area contributed by atoms with Crippen molar-refractivity contribution in [3.8, 4) is 0 Å². The lowest BCUT2D eigenvalue weighted by Gasteiger charge is -2.14. The van der Waals surface area contributed by atoms with Crippen LogP contribution in [0.4, 0.5) is 0 Å². The van der Waals surface area contributed by atoms with Crippen LogP contribution < -0.4 is 0 Å². The summed E-state index contributed by atoms with van der Waals surface area (Å²) >= 11 is 0. The van der Waals surface area contributed by atoms with E-state index in [1.54, 1.807) is 14.2 Å². The average Bonchev–Trinajstić information content (AvgIpc) is 3.00. The lowest BCUT2D eigenvalue weighted by Crippen LogP contribution is -2.28. The number of hydrogen-bond acceptors (Lipinski definition) is 6. The molecule has 0 aromatic carbocycles. The molecule has 0 aromatic rings. The van der Waals surface area contributed by atoms with Crippen molar-refractivity contribution in [2.45, 2.75) is 46.3 Å². The van der Waals surface area contributed by atoms with Crippen LogP contribution in [0.2, 0.25) is 0 Å². The number of carbonyl (C=O) groups is 3. The lowest BCUT2D eigenvalue weighted by atomic mass is 9.93. The summed E-state index contributed by atoms with van der Waals surface area (Å²) in [5.74, 6) is -1.60. The summed E-state index contributed by atoms with van der Waals surface area (Å²) in [7, 11) is 4.40. The fourth-order valence-corrected chi connectivity index (χ4v) is 3.34. The molecule has 1 saturated carbocycles. The van der Waals surface area contributed by atoms with Crippen molar-refractivity contribution in [3.05, 3.63) is 0 Å². The SMILES string of the molecule is COC(=O)C(CC(C)=O)C(=O)C[C@H]1[C@@H](CC(OC)OC)C1(C)C. The Labute approximate surface area is 137 Å². The molecule has 1 aliphatic carbocycles. The van der Waals surface area contributed by atoms with Crippen molar-refractivity contribution in [2.24, 2.45) is 23.2 Å². The van der Waals surface area contributed by atoms with Crippen molar-refractivity contribution < 1.29 is 28.6 Å². The molecule has 0 radical (unpaired) electrons. The zero-order valence-electron chi connectivity index (χ0n) is 14.9. The summed E-state index contributed by atoms with van der Waals surface area (Å²) in [6.45, 7) is 5.56. The van der Waals surface area contributed by atoms with Crippen molar-refractivity contribution >= 4 is 17.5 Å². The van der Waals surface area contributed by atoms with E-state index in [0.29, 0.717) is 6.42 Å². The van der Waals surface area contributed by atoms with E-state index < -0.39 is 11.9 Å². The Balaban J connectivity index is 2.71. The van der Waals surface area contributed by atoms with Gasteiger partial charge in [0, 0.05) is 33.5 Å². The van der Waals surface area contributed by atoms with Crippen LogP contribution in [-0.2, 0) is 28.6 Å². The second-order valence-corrected chi connectivity index (χ2v) is 6.82. The van der Waals surface area contributed by atoms with Gasteiger partial charge in [-0.3, -0.25) is 14.4 Å². The molecule has 132 valence electrons. The van der Waals surface area contributed by atoms with Crippen molar-refractivity contribution in [3.63, 3.8) is 0 Å². The van der Waals surface area contributed by atoms with Crippen molar-refractivity contribution in [1.29, 1.82) is 0 Å². The van der Waals surface area contributed by atoms with Gasteiger partial charge in [0.2, 0.25) is 0 Å². The molecule has 1 rings (SSSR count). The molecular formula is C17H28O6. The number of Topliss-reactive ketones (excluding diaryl/α,β-unsaturated/α-hetero) is 2. The monoisotopic (exact) mass is 328 g/mol. The fraction of sp³-hybridized carbons (Fsp3) is 0.824. The predicted octanol–water partition coefficient (Wildman–Crippen LogP) is 2.00. The van der Waals surface area contributed by atoms with Gasteiger partial charge in [-0.05, 0) is 24.2 Å². The molecule has 0 spiro atoms. The summed E-state index contributed by atoms with van der Waals surface area (Å²) in [5.41, 5.74) is -0.0120. The van der Waals surface area contributed by atoms with Gasteiger partial charge in [-0.2, -0.15) is 0 Å². The third-order valence-corrected chi connectivity index (χ3v) is 5.05. The number of carbonyl (C=O) groups excluding carboxylic acids is 3. The molecule has 0 bridgehead atoms. The van der Waals surface area contributed by atoms with Gasteiger partial charge in [-0.1, -0.05) is 13.8 Å². The van der Waals surface area contributed by atoms with Gasteiger partial charge < -0.3 is 14.2 Å². The Hall–Kier alpha value is -1.27. The summed E-state index contributed by atoms with van der Waals surface area (Å²) in [5, 5.41) is 0. The summed E-state index contributed by atoms with van der Waals surface area (Å²) < 4.78 is 15.1. The van der Waals surface area contributed by atoms with E-state index in [9.17, 15) is 14.4 Å². The highest BCUT2D eigenvalue weighted by Crippen LogP contribution is 2.62. The summed E-state index contributed by atoms with van der Waals surface area (Å²) in [6, 6.07) is 0. The standard InChI is InChI=1S/C17H28O6/c1-10(18)7-11(16(20)23-6)14(19)8-12-13(17(12,2)3)9-15(21-4)22-5/h11-13,15H,7-9H2,1-6H3/t11?,12-,13+/m0/s1. The van der Waals surface area contributed by atoms with Gasteiger partial charge in [0.1, 0.15) is 17.5 Å². The predicted molar refractivity (Wildman–Crippen MR) is 83.6 cm³/mol. The van der Waals surface area contributed by atoms with Gasteiger partial charge in [-0.15, -0.1) is 0 Å². The van der Waals surface area contributed by atoms with E-state index in [1.165, 1.54) is 14.0 Å². The highest BCUT2D eigenvalue weighted by molar-refractivity contribution is 6.02. The second-order valence-electron chi connectivity index (χ2n) is 6.82. The third kappa shape index (κ3) is 4.85. The van der Waals surface area contributed by atoms with Crippen molar-refractivity contribution in [1.82, 2.24) is 0 Å². The molecule has 0 saturated heterocycles. The number of ketones is 2. The minimum atomic E-state index is -0.991. The van der Waals surface area contributed by atoms with Crippen LogP contribution in [0.1, 0.15) is 40.0 Å². The fourth-order valence-electron chi connectivity index (χ4n) is 3.34. The van der Waals surface area contributed by atoms with E-state index in [1.807, 2.05) is 0 Å². The molecule has 23 heavy (non-hydrogen) atoms. The van der Waals surface area contributed by atoms with Crippen LogP contribution in [0.5, 0.6) is 0 Å². The highest BCUT2D eigenvalue weighted by atomic mass is 16.7. The Morgan fingerprint density at radius 1 is 1.04 bits per heavy atom. The van der Waals surface area contributed by atoms with Crippen LogP contribution in [0.25, 0.3) is 0 Å². The molecule has 0 N–H and O–H groups in total. The molecule has 0 amide bonds. The number of methoxy groups -OCH3 is 3. The first kappa shape index (κ1) is 19.8. The number of esters is 1. The van der Waals surface area contributed by atoms with Gasteiger partial charge in [0.15, 0.2) is 6.29 Å². The molecule has 1 fully saturated rings. The highest BCUT2D eigenvalue weighted by Gasteiger charge is 2.58. The minimum Gasteiger partial charge on any atom is -0.468 e. The molecule has 0 heterocycles. The molecule has 1 aliphatic rings. The van der Waals surface area contributed by atoms with Crippen LogP contribution in [0.15, 0.2) is 0 Å². The Morgan fingerprint density at radius 2 is 1.61 bits per heavy atom. The van der Waals surface area contributed by atoms with E-state index in [-0.39, 0.29) is 47.9 Å². The molecule has 6 nitrogen and oxygen atoms in total. The maximum atomic E-state index is 12.5. The first-order valence-corrected chi connectivity index (χ1v) is 7.84. The van der Waals surface area contributed by atoms with Crippen molar-refractivity contribution in [2.75, 3.05) is 21.3 Å². The normalized spacial score (nSPS) is 23.4. The molecule has 0 aliphatic heterocycles. The third-order valence-electron chi connectivity index (χ3n) is 5.05.